The molecule has 0 saturated carbocycles. The number of halogens is 1. The zero-order valence-corrected chi connectivity index (χ0v) is 13.7. The first kappa shape index (κ1) is 15.8. The largest absolute Gasteiger partial charge is 0.313 e. The zero-order valence-electron chi connectivity index (χ0n) is 13.0. The van der Waals surface area contributed by atoms with E-state index in [0.717, 1.165) is 18.1 Å². The van der Waals surface area contributed by atoms with Crippen LogP contribution in [0.15, 0.2) is 18.2 Å². The Bertz CT molecular complexity index is 431. The molecule has 20 heavy (non-hydrogen) atoms. The first-order chi connectivity index (χ1) is 9.56. The van der Waals surface area contributed by atoms with Crippen LogP contribution >= 0.6 is 11.6 Å². The normalized spacial score (nSPS) is 20.6. The number of nitrogens with zero attached hydrogens (tertiary/aromatic N) is 1. The van der Waals surface area contributed by atoms with Crippen molar-refractivity contribution >= 4 is 11.6 Å². The van der Waals surface area contributed by atoms with Gasteiger partial charge in [0.15, 0.2) is 0 Å². The summed E-state index contributed by atoms with van der Waals surface area (Å²) in [5.74, 6) is 0. The molecule has 112 valence electrons. The molecule has 1 atom stereocenters. The molecule has 0 amide bonds. The minimum Gasteiger partial charge on any atom is -0.313 e. The highest BCUT2D eigenvalue weighted by molar-refractivity contribution is 6.31. The van der Waals surface area contributed by atoms with E-state index in [1.165, 1.54) is 36.9 Å². The van der Waals surface area contributed by atoms with Crippen molar-refractivity contribution in [2.24, 2.45) is 0 Å². The van der Waals surface area contributed by atoms with Gasteiger partial charge in [-0.3, -0.25) is 4.90 Å². The van der Waals surface area contributed by atoms with Crippen molar-refractivity contribution in [2.45, 2.75) is 58.7 Å². The Kier molecular flexibility index (Phi) is 5.88. The van der Waals surface area contributed by atoms with Crippen LogP contribution in [0.3, 0.4) is 0 Å². The van der Waals surface area contributed by atoms with Gasteiger partial charge in [-0.15, -0.1) is 0 Å². The van der Waals surface area contributed by atoms with E-state index < -0.39 is 0 Å². The van der Waals surface area contributed by atoms with Crippen molar-refractivity contribution in [2.75, 3.05) is 13.1 Å². The van der Waals surface area contributed by atoms with Gasteiger partial charge in [-0.1, -0.05) is 44.0 Å². The van der Waals surface area contributed by atoms with E-state index in [0.29, 0.717) is 12.1 Å². The third-order valence-corrected chi connectivity index (χ3v) is 4.44. The molecular formula is C17H27ClN2. The summed E-state index contributed by atoms with van der Waals surface area (Å²) < 4.78 is 0. The average molecular weight is 295 g/mol. The lowest BCUT2D eigenvalue weighted by molar-refractivity contribution is 0.136. The Labute approximate surface area is 128 Å². The van der Waals surface area contributed by atoms with Crippen LogP contribution in [-0.4, -0.2) is 30.1 Å². The van der Waals surface area contributed by atoms with Crippen LogP contribution in [-0.2, 0) is 6.54 Å². The average Bonchev–Trinajstić information content (AvgIpc) is 2.41. The SMILES string of the molecule is Cc1ccc(CN2CCCCC2CNC(C)C)c(Cl)c1. The first-order valence-electron chi connectivity index (χ1n) is 7.78. The van der Waals surface area contributed by atoms with Crippen LogP contribution in [0.1, 0.15) is 44.2 Å². The number of likely N-dealkylation sites (tertiary alicyclic amines) is 1. The molecule has 1 aromatic rings. The van der Waals surface area contributed by atoms with Crippen LogP contribution in [0.5, 0.6) is 0 Å². The third-order valence-electron chi connectivity index (χ3n) is 4.09. The summed E-state index contributed by atoms with van der Waals surface area (Å²) >= 11 is 6.38. The van der Waals surface area contributed by atoms with Gasteiger partial charge >= 0.3 is 0 Å². The van der Waals surface area contributed by atoms with Crippen molar-refractivity contribution in [3.63, 3.8) is 0 Å². The number of hydrogen-bond acceptors (Lipinski definition) is 2. The van der Waals surface area contributed by atoms with Crippen LogP contribution in [0.25, 0.3) is 0 Å². The molecular weight excluding hydrogens is 268 g/mol. The molecule has 1 aliphatic rings. The van der Waals surface area contributed by atoms with Gasteiger partial charge in [-0.05, 0) is 43.5 Å². The smallest absolute Gasteiger partial charge is 0.0453 e. The van der Waals surface area contributed by atoms with Crippen molar-refractivity contribution in [1.29, 1.82) is 0 Å². The van der Waals surface area contributed by atoms with E-state index in [1.54, 1.807) is 0 Å². The topological polar surface area (TPSA) is 15.3 Å². The van der Waals surface area contributed by atoms with E-state index in [4.69, 9.17) is 11.6 Å². The molecule has 1 aromatic carbocycles. The summed E-state index contributed by atoms with van der Waals surface area (Å²) in [5.41, 5.74) is 2.49. The number of rotatable bonds is 5. The molecule has 0 aromatic heterocycles. The maximum atomic E-state index is 6.38. The molecule has 1 N–H and O–H groups in total. The minimum absolute atomic E-state index is 0.557. The van der Waals surface area contributed by atoms with Crippen molar-refractivity contribution in [3.8, 4) is 0 Å². The lowest BCUT2D eigenvalue weighted by Crippen LogP contribution is -2.46. The Morgan fingerprint density at radius 1 is 1.35 bits per heavy atom. The van der Waals surface area contributed by atoms with Crippen LogP contribution in [0.2, 0.25) is 5.02 Å². The van der Waals surface area contributed by atoms with Gasteiger partial charge in [-0.2, -0.15) is 0 Å². The summed E-state index contributed by atoms with van der Waals surface area (Å²) in [6.07, 6.45) is 3.95. The van der Waals surface area contributed by atoms with E-state index in [2.05, 4.69) is 49.2 Å². The Morgan fingerprint density at radius 2 is 2.15 bits per heavy atom. The summed E-state index contributed by atoms with van der Waals surface area (Å²) in [6.45, 7) is 9.76. The van der Waals surface area contributed by atoms with E-state index >= 15 is 0 Å². The predicted octanol–water partition coefficient (Wildman–Crippen LogP) is 4.00. The predicted molar refractivity (Wildman–Crippen MR) is 87.4 cm³/mol. The molecule has 0 spiro atoms. The molecule has 1 aliphatic heterocycles. The van der Waals surface area contributed by atoms with Crippen LogP contribution in [0.4, 0.5) is 0 Å². The van der Waals surface area contributed by atoms with E-state index in [1.807, 2.05) is 0 Å². The Balaban J connectivity index is 2.00. The lowest BCUT2D eigenvalue weighted by Gasteiger charge is -2.36. The number of nitrogens with one attached hydrogen (secondary N) is 1. The van der Waals surface area contributed by atoms with Gasteiger partial charge in [0.1, 0.15) is 0 Å². The van der Waals surface area contributed by atoms with Crippen LogP contribution < -0.4 is 5.32 Å². The fourth-order valence-corrected chi connectivity index (χ4v) is 3.17. The maximum Gasteiger partial charge on any atom is 0.0453 e. The lowest BCUT2D eigenvalue weighted by atomic mass is 10.0. The highest BCUT2D eigenvalue weighted by Gasteiger charge is 2.22. The number of aryl methyl sites for hydroxylation is 1. The zero-order chi connectivity index (χ0) is 14.5. The van der Waals surface area contributed by atoms with Gasteiger partial charge in [0.25, 0.3) is 0 Å². The Hall–Kier alpha value is -0.570. The summed E-state index contributed by atoms with van der Waals surface area (Å²) in [5, 5.41) is 4.49. The van der Waals surface area contributed by atoms with Gasteiger partial charge in [0.2, 0.25) is 0 Å². The van der Waals surface area contributed by atoms with Gasteiger partial charge < -0.3 is 5.32 Å². The molecule has 0 radical (unpaired) electrons. The van der Waals surface area contributed by atoms with Gasteiger partial charge in [0.05, 0.1) is 0 Å². The highest BCUT2D eigenvalue weighted by Crippen LogP contribution is 2.24. The molecule has 0 bridgehead atoms. The number of hydrogen-bond donors (Lipinski definition) is 1. The fraction of sp³-hybridized carbons (Fsp3) is 0.647. The molecule has 2 nitrogen and oxygen atoms in total. The molecule has 1 saturated heterocycles. The first-order valence-corrected chi connectivity index (χ1v) is 8.16. The van der Waals surface area contributed by atoms with Crippen LogP contribution in [0, 0.1) is 6.92 Å². The molecule has 1 unspecified atom stereocenters. The summed E-state index contributed by atoms with van der Waals surface area (Å²) in [7, 11) is 0. The molecule has 0 aliphatic carbocycles. The van der Waals surface area contributed by atoms with Crippen molar-refractivity contribution in [3.05, 3.63) is 34.3 Å². The van der Waals surface area contributed by atoms with E-state index in [9.17, 15) is 0 Å². The monoisotopic (exact) mass is 294 g/mol. The van der Waals surface area contributed by atoms with E-state index in [-0.39, 0.29) is 0 Å². The molecule has 1 fully saturated rings. The fourth-order valence-electron chi connectivity index (χ4n) is 2.87. The third kappa shape index (κ3) is 4.47. The number of benzene rings is 1. The van der Waals surface area contributed by atoms with Crippen molar-refractivity contribution in [1.82, 2.24) is 10.2 Å². The second-order valence-corrected chi connectivity index (χ2v) is 6.69. The highest BCUT2D eigenvalue weighted by atomic mass is 35.5. The quantitative estimate of drug-likeness (QED) is 0.883. The number of piperidine rings is 1. The van der Waals surface area contributed by atoms with Gasteiger partial charge in [0, 0.05) is 30.2 Å². The Morgan fingerprint density at radius 3 is 2.85 bits per heavy atom. The second kappa shape index (κ2) is 7.44. The standard InChI is InChI=1S/C17H27ClN2/c1-13(2)19-11-16-6-4-5-9-20(16)12-15-8-7-14(3)10-17(15)18/h7-8,10,13,16,19H,4-6,9,11-12H2,1-3H3. The molecule has 2 rings (SSSR count). The molecule has 3 heteroatoms. The van der Waals surface area contributed by atoms with Crippen molar-refractivity contribution < 1.29 is 0 Å². The molecule has 1 heterocycles. The maximum absolute atomic E-state index is 6.38. The minimum atomic E-state index is 0.557. The summed E-state index contributed by atoms with van der Waals surface area (Å²) in [6, 6.07) is 7.61. The second-order valence-electron chi connectivity index (χ2n) is 6.28. The van der Waals surface area contributed by atoms with Gasteiger partial charge in [-0.25, -0.2) is 0 Å². The summed E-state index contributed by atoms with van der Waals surface area (Å²) in [4.78, 5) is 2.59.